The summed E-state index contributed by atoms with van der Waals surface area (Å²) in [6.45, 7) is 0. The number of aromatic nitrogens is 3. The van der Waals surface area contributed by atoms with Crippen molar-refractivity contribution in [3.05, 3.63) is 46.8 Å². The predicted molar refractivity (Wildman–Crippen MR) is 72.5 cm³/mol. The van der Waals surface area contributed by atoms with E-state index in [0.717, 1.165) is 15.4 Å². The van der Waals surface area contributed by atoms with Gasteiger partial charge in [0.15, 0.2) is 0 Å². The number of hydrogen-bond donors (Lipinski definition) is 3. The van der Waals surface area contributed by atoms with Crippen LogP contribution in [0.3, 0.4) is 0 Å². The molecule has 0 atom stereocenters. The van der Waals surface area contributed by atoms with Gasteiger partial charge in [0, 0.05) is 21.6 Å². The molecule has 1 amide bonds. The maximum absolute atomic E-state index is 12.0. The van der Waals surface area contributed by atoms with E-state index >= 15 is 0 Å². The lowest BCUT2D eigenvalue weighted by atomic mass is 10.2. The fourth-order valence-corrected chi connectivity index (χ4v) is 2.10. The highest BCUT2D eigenvalue weighted by molar-refractivity contribution is 9.10. The molecule has 0 saturated carbocycles. The van der Waals surface area contributed by atoms with Gasteiger partial charge in [-0.2, -0.15) is 5.10 Å². The molecule has 0 aliphatic rings. The summed E-state index contributed by atoms with van der Waals surface area (Å²) in [5.74, 6) is -0.191. The first-order chi connectivity index (χ1) is 8.72. The standard InChI is InChI=1S/C12H9BrN4O/c13-8-2-1-7-3-11(17-10(7)4-8)12(18)16-9-5-14-15-6-9/h1-6,17H,(H,14,15)(H,16,18). The minimum Gasteiger partial charge on any atom is -0.350 e. The lowest BCUT2D eigenvalue weighted by molar-refractivity contribution is 0.102. The first kappa shape index (κ1) is 11.0. The van der Waals surface area contributed by atoms with Crippen LogP contribution in [0.1, 0.15) is 10.5 Å². The average Bonchev–Trinajstić information content (AvgIpc) is 2.96. The Bertz CT molecular complexity index is 702. The minimum atomic E-state index is -0.191. The minimum absolute atomic E-state index is 0.191. The summed E-state index contributed by atoms with van der Waals surface area (Å²) in [4.78, 5) is 15.0. The second-order valence-electron chi connectivity index (χ2n) is 3.86. The third-order valence-electron chi connectivity index (χ3n) is 2.59. The van der Waals surface area contributed by atoms with Crippen molar-refractivity contribution in [1.29, 1.82) is 0 Å². The Morgan fingerprint density at radius 1 is 1.33 bits per heavy atom. The van der Waals surface area contributed by atoms with Gasteiger partial charge in [-0.1, -0.05) is 22.0 Å². The van der Waals surface area contributed by atoms with Crippen LogP contribution in [0.4, 0.5) is 5.69 Å². The molecule has 1 aromatic carbocycles. The molecule has 2 heterocycles. The van der Waals surface area contributed by atoms with Gasteiger partial charge in [-0.05, 0) is 18.2 Å². The number of halogens is 1. The molecule has 5 nitrogen and oxygen atoms in total. The molecule has 0 bridgehead atoms. The van der Waals surface area contributed by atoms with E-state index in [1.807, 2.05) is 24.3 Å². The van der Waals surface area contributed by atoms with Gasteiger partial charge < -0.3 is 10.3 Å². The highest BCUT2D eigenvalue weighted by Crippen LogP contribution is 2.20. The molecule has 2 aromatic heterocycles. The molecule has 3 N–H and O–H groups in total. The zero-order chi connectivity index (χ0) is 12.5. The monoisotopic (exact) mass is 304 g/mol. The van der Waals surface area contributed by atoms with Crippen molar-refractivity contribution in [2.45, 2.75) is 0 Å². The molecule has 0 aliphatic heterocycles. The van der Waals surface area contributed by atoms with Crippen molar-refractivity contribution >= 4 is 38.4 Å². The van der Waals surface area contributed by atoms with E-state index in [-0.39, 0.29) is 5.91 Å². The van der Waals surface area contributed by atoms with Crippen LogP contribution in [-0.4, -0.2) is 21.1 Å². The quantitative estimate of drug-likeness (QED) is 0.681. The van der Waals surface area contributed by atoms with Gasteiger partial charge in [0.25, 0.3) is 5.91 Å². The fourth-order valence-electron chi connectivity index (χ4n) is 1.74. The van der Waals surface area contributed by atoms with Crippen molar-refractivity contribution in [2.24, 2.45) is 0 Å². The summed E-state index contributed by atoms with van der Waals surface area (Å²) in [5.41, 5.74) is 2.07. The normalized spacial score (nSPS) is 10.7. The number of carbonyl (C=O) groups is 1. The molecular formula is C12H9BrN4O. The molecule has 0 radical (unpaired) electrons. The fraction of sp³-hybridized carbons (Fsp3) is 0. The van der Waals surface area contributed by atoms with E-state index in [2.05, 4.69) is 36.4 Å². The first-order valence-corrected chi connectivity index (χ1v) is 6.10. The largest absolute Gasteiger partial charge is 0.350 e. The SMILES string of the molecule is O=C(Nc1cn[nH]c1)c1cc2ccc(Br)cc2[nH]1. The lowest BCUT2D eigenvalue weighted by Crippen LogP contribution is -2.11. The van der Waals surface area contributed by atoms with Crippen molar-refractivity contribution in [3.63, 3.8) is 0 Å². The number of benzene rings is 1. The number of anilines is 1. The average molecular weight is 305 g/mol. The van der Waals surface area contributed by atoms with Crippen molar-refractivity contribution in [2.75, 3.05) is 5.32 Å². The Hall–Kier alpha value is -2.08. The highest BCUT2D eigenvalue weighted by atomic mass is 79.9. The van der Waals surface area contributed by atoms with Crippen molar-refractivity contribution < 1.29 is 4.79 Å². The van der Waals surface area contributed by atoms with Crippen molar-refractivity contribution in [3.8, 4) is 0 Å². The van der Waals surface area contributed by atoms with E-state index in [9.17, 15) is 4.79 Å². The third-order valence-corrected chi connectivity index (χ3v) is 3.08. The van der Waals surface area contributed by atoms with Crippen LogP contribution in [0.2, 0.25) is 0 Å². The number of nitrogens with zero attached hydrogens (tertiary/aromatic N) is 1. The molecule has 0 spiro atoms. The lowest BCUT2D eigenvalue weighted by Gasteiger charge is -1.98. The number of aromatic amines is 2. The summed E-state index contributed by atoms with van der Waals surface area (Å²) < 4.78 is 0.971. The van der Waals surface area contributed by atoms with Gasteiger partial charge in [-0.3, -0.25) is 9.89 Å². The van der Waals surface area contributed by atoms with Crippen molar-refractivity contribution in [1.82, 2.24) is 15.2 Å². The Morgan fingerprint density at radius 2 is 2.22 bits per heavy atom. The molecule has 0 saturated heterocycles. The first-order valence-electron chi connectivity index (χ1n) is 5.31. The summed E-state index contributed by atoms with van der Waals surface area (Å²) in [6.07, 6.45) is 3.17. The zero-order valence-electron chi connectivity index (χ0n) is 9.20. The number of fused-ring (bicyclic) bond motifs is 1. The molecular weight excluding hydrogens is 296 g/mol. The Balaban J connectivity index is 1.92. The van der Waals surface area contributed by atoms with Crippen LogP contribution in [0.25, 0.3) is 10.9 Å². The molecule has 0 unspecified atom stereocenters. The van der Waals surface area contributed by atoms with Gasteiger partial charge in [0.05, 0.1) is 11.9 Å². The van der Waals surface area contributed by atoms with E-state index < -0.39 is 0 Å². The van der Waals surface area contributed by atoms with Gasteiger partial charge >= 0.3 is 0 Å². The number of carbonyl (C=O) groups excluding carboxylic acids is 1. The summed E-state index contributed by atoms with van der Waals surface area (Å²) in [5, 5.41) is 10.1. The van der Waals surface area contributed by atoms with Crippen LogP contribution < -0.4 is 5.32 Å². The zero-order valence-corrected chi connectivity index (χ0v) is 10.8. The topological polar surface area (TPSA) is 73.6 Å². The van der Waals surface area contributed by atoms with Gasteiger partial charge in [0.1, 0.15) is 5.69 Å². The number of rotatable bonds is 2. The number of hydrogen-bond acceptors (Lipinski definition) is 2. The molecule has 0 aliphatic carbocycles. The van der Waals surface area contributed by atoms with E-state index in [0.29, 0.717) is 11.4 Å². The van der Waals surface area contributed by atoms with E-state index in [1.165, 1.54) is 0 Å². The van der Waals surface area contributed by atoms with Crippen LogP contribution in [-0.2, 0) is 0 Å². The number of nitrogens with one attached hydrogen (secondary N) is 3. The summed E-state index contributed by atoms with van der Waals surface area (Å²) in [6, 6.07) is 7.64. The highest BCUT2D eigenvalue weighted by Gasteiger charge is 2.10. The second-order valence-corrected chi connectivity index (χ2v) is 4.77. The van der Waals surface area contributed by atoms with Crippen LogP contribution in [0, 0.1) is 0 Å². The second kappa shape index (κ2) is 4.30. The maximum atomic E-state index is 12.0. The Morgan fingerprint density at radius 3 is 3.00 bits per heavy atom. The molecule has 0 fully saturated rings. The maximum Gasteiger partial charge on any atom is 0.272 e. The molecule has 18 heavy (non-hydrogen) atoms. The Kier molecular flexibility index (Phi) is 2.64. The Labute approximate surface area is 111 Å². The summed E-state index contributed by atoms with van der Waals surface area (Å²) >= 11 is 3.39. The van der Waals surface area contributed by atoms with Crippen LogP contribution in [0.5, 0.6) is 0 Å². The van der Waals surface area contributed by atoms with Crippen LogP contribution >= 0.6 is 15.9 Å². The molecule has 6 heteroatoms. The molecule has 3 aromatic rings. The van der Waals surface area contributed by atoms with Gasteiger partial charge in [-0.25, -0.2) is 0 Å². The predicted octanol–water partition coefficient (Wildman–Crippen LogP) is 2.91. The van der Waals surface area contributed by atoms with E-state index in [4.69, 9.17) is 0 Å². The number of H-pyrrole nitrogens is 2. The summed E-state index contributed by atoms with van der Waals surface area (Å²) in [7, 11) is 0. The van der Waals surface area contributed by atoms with Crippen LogP contribution in [0.15, 0.2) is 41.1 Å². The van der Waals surface area contributed by atoms with Gasteiger partial charge in [0.2, 0.25) is 0 Å². The molecule has 90 valence electrons. The van der Waals surface area contributed by atoms with E-state index in [1.54, 1.807) is 12.4 Å². The van der Waals surface area contributed by atoms with Gasteiger partial charge in [-0.15, -0.1) is 0 Å². The molecule has 3 rings (SSSR count). The number of amides is 1. The smallest absolute Gasteiger partial charge is 0.272 e. The third kappa shape index (κ3) is 2.02.